The Bertz CT molecular complexity index is 693. The van der Waals surface area contributed by atoms with Gasteiger partial charge in [-0.15, -0.1) is 11.3 Å². The second-order valence-corrected chi connectivity index (χ2v) is 7.37. The van der Waals surface area contributed by atoms with Crippen molar-refractivity contribution in [3.05, 3.63) is 51.5 Å². The lowest BCUT2D eigenvalue weighted by atomic mass is 10.0. The molecule has 1 fully saturated rings. The number of aromatic nitrogens is 1. The minimum absolute atomic E-state index is 0.0393. The van der Waals surface area contributed by atoms with E-state index in [2.05, 4.69) is 46.4 Å². The van der Waals surface area contributed by atoms with Gasteiger partial charge in [-0.25, -0.2) is 4.98 Å². The van der Waals surface area contributed by atoms with Gasteiger partial charge < -0.3 is 10.1 Å². The van der Waals surface area contributed by atoms with Crippen molar-refractivity contribution in [3.63, 3.8) is 0 Å². The van der Waals surface area contributed by atoms with Crippen molar-refractivity contribution < 1.29 is 9.53 Å². The van der Waals surface area contributed by atoms with E-state index in [4.69, 9.17) is 4.74 Å². The Morgan fingerprint density at radius 2 is 2.04 bits per heavy atom. The summed E-state index contributed by atoms with van der Waals surface area (Å²) in [4.78, 5) is 19.8. The molecule has 1 aliphatic heterocycles. The fourth-order valence-corrected chi connectivity index (χ4v) is 3.76. The molecule has 0 saturated carbocycles. The van der Waals surface area contributed by atoms with Crippen LogP contribution in [0.25, 0.3) is 0 Å². The van der Waals surface area contributed by atoms with Crippen LogP contribution in [0.4, 0.5) is 0 Å². The summed E-state index contributed by atoms with van der Waals surface area (Å²) in [7, 11) is 0. The van der Waals surface area contributed by atoms with Crippen LogP contribution >= 0.6 is 11.3 Å². The maximum Gasteiger partial charge on any atom is 0.263 e. The predicted octanol–water partition coefficient (Wildman–Crippen LogP) is 2.82. The zero-order valence-corrected chi connectivity index (χ0v) is 15.6. The maximum atomic E-state index is 12.5. The highest BCUT2D eigenvalue weighted by atomic mass is 32.1. The van der Waals surface area contributed by atoms with E-state index in [1.165, 1.54) is 22.5 Å². The third-order valence-corrected chi connectivity index (χ3v) is 5.62. The third-order valence-electron chi connectivity index (χ3n) is 4.48. The summed E-state index contributed by atoms with van der Waals surface area (Å²) >= 11 is 1.47. The molecule has 2 aromatic rings. The largest absolute Gasteiger partial charge is 0.379 e. The lowest BCUT2D eigenvalue weighted by Gasteiger charge is -2.35. The smallest absolute Gasteiger partial charge is 0.263 e. The summed E-state index contributed by atoms with van der Waals surface area (Å²) in [5.74, 6) is -0.0393. The van der Waals surface area contributed by atoms with Gasteiger partial charge in [0.05, 0.1) is 30.5 Å². The Morgan fingerprint density at radius 3 is 2.68 bits per heavy atom. The van der Waals surface area contributed by atoms with Crippen molar-refractivity contribution in [1.82, 2.24) is 15.2 Å². The van der Waals surface area contributed by atoms with E-state index in [1.54, 1.807) is 6.20 Å². The van der Waals surface area contributed by atoms with E-state index < -0.39 is 0 Å². The van der Waals surface area contributed by atoms with E-state index in [-0.39, 0.29) is 11.9 Å². The number of hydrogen-bond donors (Lipinski definition) is 1. The Morgan fingerprint density at radius 1 is 1.32 bits per heavy atom. The number of nitrogens with one attached hydrogen (secondary N) is 1. The Kier molecular flexibility index (Phi) is 6.18. The molecule has 1 atom stereocenters. The average Bonchev–Trinajstić information content (AvgIpc) is 3.13. The fraction of sp³-hybridized carbons (Fsp3) is 0.474. The first-order chi connectivity index (χ1) is 12.2. The summed E-state index contributed by atoms with van der Waals surface area (Å²) in [6, 6.07) is 8.72. The third kappa shape index (κ3) is 4.66. The van der Waals surface area contributed by atoms with E-state index in [0.717, 1.165) is 37.7 Å². The standard InChI is InChI=1S/C19H25N3O2S/c1-3-18-20-13-17(25-18)19(23)21-12-16(22-8-10-24-11-9-22)15-6-4-14(2)5-7-15/h4-7,13,16H,3,8-12H2,1-2H3,(H,21,23). The van der Waals surface area contributed by atoms with Crippen molar-refractivity contribution in [2.75, 3.05) is 32.8 Å². The lowest BCUT2D eigenvalue weighted by Crippen LogP contribution is -2.43. The summed E-state index contributed by atoms with van der Waals surface area (Å²) in [6.45, 7) is 7.97. The first-order valence-corrected chi connectivity index (χ1v) is 9.60. The quantitative estimate of drug-likeness (QED) is 0.862. The normalized spacial score (nSPS) is 16.6. The molecule has 0 radical (unpaired) electrons. The number of carbonyl (C=O) groups excluding carboxylic acids is 1. The van der Waals surface area contributed by atoms with Gasteiger partial charge in [-0.3, -0.25) is 9.69 Å². The molecule has 1 aromatic heterocycles. The Labute approximate surface area is 153 Å². The van der Waals surface area contributed by atoms with Crippen LogP contribution in [0.2, 0.25) is 0 Å². The Hall–Kier alpha value is -1.76. The van der Waals surface area contributed by atoms with Crippen LogP contribution < -0.4 is 5.32 Å². The van der Waals surface area contributed by atoms with Crippen molar-refractivity contribution in [3.8, 4) is 0 Å². The van der Waals surface area contributed by atoms with E-state index in [0.29, 0.717) is 11.4 Å². The van der Waals surface area contributed by atoms with E-state index >= 15 is 0 Å². The second kappa shape index (κ2) is 8.56. The van der Waals surface area contributed by atoms with Gasteiger partial charge in [0, 0.05) is 19.6 Å². The number of carbonyl (C=O) groups is 1. The first-order valence-electron chi connectivity index (χ1n) is 8.78. The molecule has 1 aliphatic rings. The molecule has 3 rings (SSSR count). The molecule has 25 heavy (non-hydrogen) atoms. The number of nitrogens with zero attached hydrogens (tertiary/aromatic N) is 2. The van der Waals surface area contributed by atoms with Gasteiger partial charge >= 0.3 is 0 Å². The van der Waals surface area contributed by atoms with Crippen molar-refractivity contribution in [2.45, 2.75) is 26.3 Å². The Balaban J connectivity index is 1.70. The topological polar surface area (TPSA) is 54.5 Å². The van der Waals surface area contributed by atoms with Gasteiger partial charge in [0.25, 0.3) is 5.91 Å². The van der Waals surface area contributed by atoms with Gasteiger partial charge in [-0.05, 0) is 18.9 Å². The number of ether oxygens (including phenoxy) is 1. The molecule has 1 amide bonds. The molecule has 1 aromatic carbocycles. The molecule has 5 nitrogen and oxygen atoms in total. The van der Waals surface area contributed by atoms with Crippen LogP contribution in [-0.2, 0) is 11.2 Å². The molecule has 134 valence electrons. The molecule has 1 saturated heterocycles. The number of benzene rings is 1. The van der Waals surface area contributed by atoms with Crippen LogP contribution in [-0.4, -0.2) is 48.6 Å². The van der Waals surface area contributed by atoms with Crippen LogP contribution in [0.3, 0.4) is 0 Å². The van der Waals surface area contributed by atoms with Crippen LogP contribution in [0, 0.1) is 6.92 Å². The number of rotatable bonds is 6. The van der Waals surface area contributed by atoms with Gasteiger partial charge in [0.1, 0.15) is 4.88 Å². The van der Waals surface area contributed by atoms with Crippen LogP contribution in [0.5, 0.6) is 0 Å². The average molecular weight is 359 g/mol. The highest BCUT2D eigenvalue weighted by Gasteiger charge is 2.23. The molecular weight excluding hydrogens is 334 g/mol. The van der Waals surface area contributed by atoms with Gasteiger partial charge in [-0.2, -0.15) is 0 Å². The number of morpholine rings is 1. The molecule has 1 N–H and O–H groups in total. The molecule has 0 spiro atoms. The highest BCUT2D eigenvalue weighted by molar-refractivity contribution is 7.13. The fourth-order valence-electron chi connectivity index (χ4n) is 2.99. The predicted molar refractivity (Wildman–Crippen MR) is 100 cm³/mol. The summed E-state index contributed by atoms with van der Waals surface area (Å²) < 4.78 is 5.48. The van der Waals surface area contributed by atoms with Gasteiger partial charge in [-0.1, -0.05) is 36.8 Å². The van der Waals surface area contributed by atoms with Crippen LogP contribution in [0.15, 0.2) is 30.5 Å². The van der Waals surface area contributed by atoms with Crippen molar-refractivity contribution in [2.24, 2.45) is 0 Å². The zero-order valence-electron chi connectivity index (χ0n) is 14.8. The van der Waals surface area contributed by atoms with Gasteiger partial charge in [0.2, 0.25) is 0 Å². The van der Waals surface area contributed by atoms with Crippen LogP contribution in [0.1, 0.15) is 38.8 Å². The molecule has 0 aliphatic carbocycles. The first kappa shape index (κ1) is 18.0. The maximum absolute atomic E-state index is 12.5. The minimum Gasteiger partial charge on any atom is -0.379 e. The van der Waals surface area contributed by atoms with Gasteiger partial charge in [0.15, 0.2) is 0 Å². The zero-order chi connectivity index (χ0) is 17.6. The van der Waals surface area contributed by atoms with Crippen molar-refractivity contribution >= 4 is 17.2 Å². The molecule has 6 heteroatoms. The number of amides is 1. The van der Waals surface area contributed by atoms with E-state index in [9.17, 15) is 4.79 Å². The summed E-state index contributed by atoms with van der Waals surface area (Å²) in [5, 5.41) is 4.09. The summed E-state index contributed by atoms with van der Waals surface area (Å²) in [6.07, 6.45) is 2.53. The molecule has 2 heterocycles. The monoisotopic (exact) mass is 359 g/mol. The van der Waals surface area contributed by atoms with E-state index in [1.807, 2.05) is 6.92 Å². The number of thiazole rings is 1. The molecular formula is C19H25N3O2S. The highest BCUT2D eigenvalue weighted by Crippen LogP contribution is 2.22. The number of hydrogen-bond acceptors (Lipinski definition) is 5. The SMILES string of the molecule is CCc1ncc(C(=O)NCC(c2ccc(C)cc2)N2CCOCC2)s1. The van der Waals surface area contributed by atoms with Crippen molar-refractivity contribution in [1.29, 1.82) is 0 Å². The lowest BCUT2D eigenvalue weighted by molar-refractivity contribution is 0.0162. The minimum atomic E-state index is -0.0393. The summed E-state index contributed by atoms with van der Waals surface area (Å²) in [5.41, 5.74) is 2.47. The molecule has 0 bridgehead atoms. The second-order valence-electron chi connectivity index (χ2n) is 6.26. The number of aryl methyl sites for hydroxylation is 2. The molecule has 1 unspecified atom stereocenters.